The van der Waals surface area contributed by atoms with Crippen LogP contribution in [-0.2, 0) is 48.1 Å². The van der Waals surface area contributed by atoms with Gasteiger partial charge in [0.1, 0.15) is 17.5 Å². The summed E-state index contributed by atoms with van der Waals surface area (Å²) in [6.45, 7) is -3.00. The quantitative estimate of drug-likeness (QED) is 0.0391. The van der Waals surface area contributed by atoms with Gasteiger partial charge in [-0.05, 0) is 55.7 Å². The largest absolute Gasteiger partial charge is 0.480 e. The summed E-state index contributed by atoms with van der Waals surface area (Å²) < 4.78 is 36.6. The van der Waals surface area contributed by atoms with E-state index < -0.39 is 88.5 Å². The highest BCUT2D eigenvalue weighted by Crippen LogP contribution is 2.37. The first-order chi connectivity index (χ1) is 28.9. The molecule has 7 N–H and O–H groups in total. The number of sulfone groups is 1. The van der Waals surface area contributed by atoms with Crippen LogP contribution in [0.5, 0.6) is 11.5 Å². The van der Waals surface area contributed by atoms with Gasteiger partial charge in [0.2, 0.25) is 11.8 Å². The van der Waals surface area contributed by atoms with Crippen LogP contribution in [0.4, 0.5) is 0 Å². The number of rotatable bonds is 26. The third kappa shape index (κ3) is 15.6. The molecule has 0 unspecified atom stereocenters. The van der Waals surface area contributed by atoms with Gasteiger partial charge in [-0.25, -0.2) is 8.42 Å². The number of hydrogen-bond donors (Lipinski definition) is 6. The van der Waals surface area contributed by atoms with Gasteiger partial charge in [-0.2, -0.15) is 0 Å². The second-order valence-corrected chi connectivity index (χ2v) is 16.3. The fraction of sp³-hybridized carbons (Fsp3) is 0.462. The van der Waals surface area contributed by atoms with Gasteiger partial charge in [0.15, 0.2) is 14.6 Å². The minimum Gasteiger partial charge on any atom is -0.480 e. The maximum atomic E-state index is 13.9. The molecule has 22 heteroatoms. The number of nitrogens with two attached hydrogens (primary N) is 1. The first-order valence-corrected chi connectivity index (χ1v) is 20.5. The number of methoxy groups -OCH3 is 1. The third-order valence-electron chi connectivity index (χ3n) is 9.60. The number of esters is 1. The Kier molecular flexibility index (Phi) is 19.2. The van der Waals surface area contributed by atoms with Crippen LogP contribution in [0.3, 0.4) is 0 Å². The monoisotopic (exact) mass is 876 g/mol. The molecule has 3 rings (SSSR count). The normalized spacial score (nSPS) is 14.5. The molecule has 2 aromatic carbocycles. The van der Waals surface area contributed by atoms with Gasteiger partial charge in [-0.3, -0.25) is 48.3 Å². The Balaban J connectivity index is 1.51. The maximum absolute atomic E-state index is 13.9. The van der Waals surface area contributed by atoms with Crippen LogP contribution in [-0.4, -0.2) is 187 Å². The second kappa shape index (κ2) is 23.7. The van der Waals surface area contributed by atoms with Crippen LogP contribution >= 0.6 is 0 Å². The molecule has 2 aromatic rings. The van der Waals surface area contributed by atoms with E-state index in [1.54, 1.807) is 30.3 Å². The highest BCUT2D eigenvalue weighted by atomic mass is 32.2. The van der Waals surface area contributed by atoms with Crippen LogP contribution in [0.15, 0.2) is 71.6 Å². The molecule has 21 nitrogen and oxygen atoms in total. The summed E-state index contributed by atoms with van der Waals surface area (Å²) in [5.74, 6) is -6.10. The lowest BCUT2D eigenvalue weighted by molar-refractivity contribution is -0.147. The zero-order chi connectivity index (χ0) is 45.2. The van der Waals surface area contributed by atoms with Crippen LogP contribution in [0.25, 0.3) is 0 Å². The Morgan fingerprint density at radius 1 is 0.754 bits per heavy atom. The molecule has 0 bridgehead atoms. The van der Waals surface area contributed by atoms with Crippen molar-refractivity contribution in [1.82, 2.24) is 24.9 Å². The number of amides is 2. The maximum Gasteiger partial charge on any atom is 0.327 e. The van der Waals surface area contributed by atoms with Crippen molar-refractivity contribution in [2.24, 2.45) is 5.73 Å². The van der Waals surface area contributed by atoms with Gasteiger partial charge in [0, 0.05) is 45.8 Å². The Morgan fingerprint density at radius 2 is 1.23 bits per heavy atom. The lowest BCUT2D eigenvalue weighted by Gasteiger charge is -2.39. The number of carboxylic acids is 4. The predicted molar refractivity (Wildman–Crippen MR) is 215 cm³/mol. The molecule has 1 aliphatic heterocycles. The van der Waals surface area contributed by atoms with Gasteiger partial charge in [-0.15, -0.1) is 0 Å². The third-order valence-corrected chi connectivity index (χ3v) is 12.1. The molecule has 1 aliphatic rings. The Hall–Kier alpha value is -5.94. The predicted octanol–water partition coefficient (Wildman–Crippen LogP) is -0.579. The summed E-state index contributed by atoms with van der Waals surface area (Å²) in [5.41, 5.74) is 6.13. The van der Waals surface area contributed by atoms with E-state index in [1.165, 1.54) is 45.0 Å². The van der Waals surface area contributed by atoms with Gasteiger partial charge in [-0.1, -0.05) is 30.4 Å². The first-order valence-electron chi connectivity index (χ1n) is 19.0. The van der Waals surface area contributed by atoms with E-state index in [2.05, 4.69) is 5.32 Å². The van der Waals surface area contributed by atoms with E-state index in [0.29, 0.717) is 11.5 Å². The lowest BCUT2D eigenvalue weighted by Crippen LogP contribution is -2.57. The summed E-state index contributed by atoms with van der Waals surface area (Å²) in [6.07, 6.45) is 2.70. The summed E-state index contributed by atoms with van der Waals surface area (Å²) >= 11 is 0. The van der Waals surface area contributed by atoms with Crippen LogP contribution in [0, 0.1) is 0 Å². The first kappa shape index (κ1) is 49.4. The molecule has 334 valence electrons. The van der Waals surface area contributed by atoms with Crippen molar-refractivity contribution in [3.8, 4) is 11.5 Å². The number of nitrogens with one attached hydrogen (secondary N) is 1. The van der Waals surface area contributed by atoms with Crippen LogP contribution < -0.4 is 15.8 Å². The number of aliphatic carboxylic acids is 4. The molecule has 1 fully saturated rings. The zero-order valence-corrected chi connectivity index (χ0v) is 34.4. The zero-order valence-electron chi connectivity index (χ0n) is 33.6. The number of nitrogens with zero attached hydrogens (tertiary/aromatic N) is 4. The highest BCUT2D eigenvalue weighted by molar-refractivity contribution is 7.93. The second-order valence-electron chi connectivity index (χ2n) is 14.1. The average Bonchev–Trinajstić information content (AvgIpc) is 3.20. The van der Waals surface area contributed by atoms with Crippen molar-refractivity contribution in [3.63, 3.8) is 0 Å². The minimum atomic E-state index is -4.30. The van der Waals surface area contributed by atoms with Crippen molar-refractivity contribution < 1.29 is 71.9 Å². The standard InChI is InChI=1S/C39H52N6O15S/c1-59-38(56)39(61(57,58)30-12-10-29(11-13-30)60-28-7-3-2-4-8-28)14-17-45(18-15-39)37(55)31(40)9-5-6-16-41-32(46)23-43(25-34(49)50)21-19-42(24-33(47)48)20-22-44(26-35(51)52)27-36(53)54/h2-5,7-13,31H,6,14-27,40H2,1H3,(H,41,46)(H,47,48)(H,49,50)(H,51,52)(H,53,54)/b9-5+/t31-/m0/s1. The van der Waals surface area contributed by atoms with E-state index >= 15 is 0 Å². The number of piperidine rings is 1. The van der Waals surface area contributed by atoms with Crippen molar-refractivity contribution in [3.05, 3.63) is 66.7 Å². The van der Waals surface area contributed by atoms with Gasteiger partial charge in [0.25, 0.3) is 0 Å². The molecular weight excluding hydrogens is 825 g/mol. The molecule has 0 aliphatic carbocycles. The number of carboxylic acid groups (broad SMARTS) is 4. The fourth-order valence-corrected chi connectivity index (χ4v) is 8.48. The minimum absolute atomic E-state index is 0.0365. The van der Waals surface area contributed by atoms with Gasteiger partial charge < -0.3 is 45.9 Å². The average molecular weight is 877 g/mol. The number of carbonyl (C=O) groups is 7. The van der Waals surface area contributed by atoms with E-state index in [1.807, 2.05) is 6.07 Å². The van der Waals surface area contributed by atoms with Gasteiger partial charge >= 0.3 is 29.8 Å². The Labute approximate surface area is 352 Å². The summed E-state index contributed by atoms with van der Waals surface area (Å²) in [4.78, 5) is 89.1. The van der Waals surface area contributed by atoms with Crippen LogP contribution in [0.2, 0.25) is 0 Å². The molecular formula is C39H52N6O15S. The molecule has 0 spiro atoms. The number of benzene rings is 2. The highest BCUT2D eigenvalue weighted by Gasteiger charge is 2.54. The van der Waals surface area contributed by atoms with Crippen molar-refractivity contribution in [2.75, 3.05) is 85.6 Å². The number of carbonyl (C=O) groups excluding carboxylic acids is 3. The number of ether oxygens (including phenoxy) is 2. The fourth-order valence-electron chi connectivity index (χ4n) is 6.51. The molecule has 0 radical (unpaired) electrons. The molecule has 1 atom stereocenters. The molecule has 2 amide bonds. The molecule has 1 heterocycles. The van der Waals surface area contributed by atoms with E-state index in [9.17, 15) is 52.2 Å². The number of hydrogen-bond acceptors (Lipinski definition) is 15. The number of para-hydroxylation sites is 1. The van der Waals surface area contributed by atoms with Crippen LogP contribution in [0.1, 0.15) is 19.3 Å². The smallest absolute Gasteiger partial charge is 0.327 e. The van der Waals surface area contributed by atoms with E-state index in [4.69, 9.17) is 25.4 Å². The summed E-state index contributed by atoms with van der Waals surface area (Å²) in [5, 5.41) is 39.4. The molecule has 61 heavy (non-hydrogen) atoms. The molecule has 0 saturated carbocycles. The Bertz CT molecular complexity index is 1960. The van der Waals surface area contributed by atoms with E-state index in [0.717, 1.165) is 12.0 Å². The summed E-state index contributed by atoms with van der Waals surface area (Å²) in [6, 6.07) is 13.4. The molecule has 0 aromatic heterocycles. The molecule has 1 saturated heterocycles. The summed E-state index contributed by atoms with van der Waals surface area (Å²) in [7, 11) is -3.20. The van der Waals surface area contributed by atoms with Crippen molar-refractivity contribution in [1.29, 1.82) is 0 Å². The van der Waals surface area contributed by atoms with Gasteiger partial charge in [0.05, 0.1) is 44.7 Å². The topological polar surface area (TPSA) is 304 Å². The SMILES string of the molecule is COC(=O)C1(S(=O)(=O)c2ccc(Oc3ccccc3)cc2)CCN(C(=O)[C@@H](N)/C=C/CCNC(=O)CN(CCN(CCN(CC(=O)O)CC(=O)O)CC(=O)O)CC(=O)O)CC1. The Morgan fingerprint density at radius 3 is 1.74 bits per heavy atom. The van der Waals surface area contributed by atoms with Crippen molar-refractivity contribution in [2.45, 2.75) is 34.9 Å². The number of likely N-dealkylation sites (tertiary alicyclic amines) is 1. The lowest BCUT2D eigenvalue weighted by atomic mass is 9.95. The van der Waals surface area contributed by atoms with E-state index in [-0.39, 0.29) is 76.5 Å². The van der Waals surface area contributed by atoms with Crippen molar-refractivity contribution >= 4 is 51.5 Å².